The molecule has 0 saturated carbocycles. The van der Waals surface area contributed by atoms with Crippen molar-refractivity contribution in [3.63, 3.8) is 0 Å². The molecule has 0 amide bonds. The Morgan fingerprint density at radius 3 is 2.78 bits per heavy atom. The van der Waals surface area contributed by atoms with E-state index in [-0.39, 0.29) is 0 Å². The highest BCUT2D eigenvalue weighted by Crippen LogP contribution is 2.21. The summed E-state index contributed by atoms with van der Waals surface area (Å²) in [5.41, 5.74) is 2.89. The molecule has 1 aliphatic heterocycles. The minimum absolute atomic E-state index is 0.683. The van der Waals surface area contributed by atoms with Crippen LogP contribution in [0.1, 0.15) is 37.8 Å². The van der Waals surface area contributed by atoms with Crippen molar-refractivity contribution >= 4 is 0 Å². The predicted octanol–water partition coefficient (Wildman–Crippen LogP) is 2.96. The second-order valence-electron chi connectivity index (χ2n) is 5.52. The lowest BCUT2D eigenvalue weighted by molar-refractivity contribution is 0.129. The number of piperidine rings is 1. The van der Waals surface area contributed by atoms with Crippen molar-refractivity contribution in [1.29, 1.82) is 0 Å². The van der Waals surface area contributed by atoms with Crippen LogP contribution in [0.4, 0.5) is 0 Å². The summed E-state index contributed by atoms with van der Waals surface area (Å²) in [5.74, 6) is 0. The van der Waals surface area contributed by atoms with Gasteiger partial charge in [0.2, 0.25) is 0 Å². The first-order chi connectivity index (χ1) is 8.70. The fourth-order valence-electron chi connectivity index (χ4n) is 2.94. The average Bonchev–Trinajstić information content (AvgIpc) is 2.35. The van der Waals surface area contributed by atoms with Crippen LogP contribution in [0, 0.1) is 6.92 Å². The third-order valence-corrected chi connectivity index (χ3v) is 4.14. The molecular weight excluding hydrogens is 220 g/mol. The van der Waals surface area contributed by atoms with Crippen LogP contribution >= 0.6 is 0 Å². The van der Waals surface area contributed by atoms with Gasteiger partial charge in [0.1, 0.15) is 0 Å². The highest BCUT2D eigenvalue weighted by Gasteiger charge is 2.24. The van der Waals surface area contributed by atoms with Crippen LogP contribution in [0.3, 0.4) is 0 Å². The minimum atomic E-state index is 0.683. The van der Waals surface area contributed by atoms with Crippen LogP contribution in [0.5, 0.6) is 0 Å². The zero-order valence-electron chi connectivity index (χ0n) is 11.9. The van der Waals surface area contributed by atoms with E-state index < -0.39 is 0 Å². The van der Waals surface area contributed by atoms with E-state index >= 15 is 0 Å². The molecule has 0 aromatic heterocycles. The maximum Gasteiger partial charge on any atom is 0.0239 e. The van der Waals surface area contributed by atoms with Gasteiger partial charge in [-0.15, -0.1) is 0 Å². The molecule has 1 aromatic carbocycles. The van der Waals surface area contributed by atoms with Crippen molar-refractivity contribution in [2.24, 2.45) is 0 Å². The Hall–Kier alpha value is -0.860. The number of rotatable bonds is 4. The normalized spacial score (nSPS) is 25.3. The third-order valence-electron chi connectivity index (χ3n) is 4.14. The van der Waals surface area contributed by atoms with Gasteiger partial charge in [-0.3, -0.25) is 4.90 Å². The third kappa shape index (κ3) is 3.33. The van der Waals surface area contributed by atoms with Gasteiger partial charge < -0.3 is 5.32 Å². The molecule has 2 atom stereocenters. The van der Waals surface area contributed by atoms with Crippen LogP contribution in [-0.4, -0.2) is 30.1 Å². The Bertz CT molecular complexity index is 375. The predicted molar refractivity (Wildman–Crippen MR) is 77.7 cm³/mol. The van der Waals surface area contributed by atoms with E-state index in [0.29, 0.717) is 6.04 Å². The van der Waals surface area contributed by atoms with Gasteiger partial charge in [0.25, 0.3) is 0 Å². The minimum Gasteiger partial charge on any atom is -0.314 e. The number of nitrogens with one attached hydrogen (secondary N) is 1. The summed E-state index contributed by atoms with van der Waals surface area (Å²) < 4.78 is 0. The van der Waals surface area contributed by atoms with Gasteiger partial charge in [-0.05, 0) is 44.4 Å². The van der Waals surface area contributed by atoms with Crippen molar-refractivity contribution in [3.8, 4) is 0 Å². The Kier molecular flexibility index (Phi) is 4.79. The maximum absolute atomic E-state index is 3.58. The fourth-order valence-corrected chi connectivity index (χ4v) is 2.94. The summed E-state index contributed by atoms with van der Waals surface area (Å²) >= 11 is 0. The molecule has 0 spiro atoms. The van der Waals surface area contributed by atoms with Crippen LogP contribution < -0.4 is 5.32 Å². The monoisotopic (exact) mass is 246 g/mol. The van der Waals surface area contributed by atoms with Crippen LogP contribution in [0.2, 0.25) is 0 Å². The van der Waals surface area contributed by atoms with Gasteiger partial charge >= 0.3 is 0 Å². The molecule has 0 bridgehead atoms. The molecular formula is C16H26N2. The van der Waals surface area contributed by atoms with Crippen molar-refractivity contribution < 1.29 is 0 Å². The van der Waals surface area contributed by atoms with E-state index in [1.54, 1.807) is 0 Å². The van der Waals surface area contributed by atoms with E-state index in [2.05, 4.69) is 55.3 Å². The maximum atomic E-state index is 3.58. The van der Waals surface area contributed by atoms with E-state index in [9.17, 15) is 0 Å². The first-order valence-corrected chi connectivity index (χ1v) is 7.22. The Morgan fingerprint density at radius 1 is 1.33 bits per heavy atom. The lowest BCUT2D eigenvalue weighted by Gasteiger charge is -2.38. The number of likely N-dealkylation sites (tertiary alicyclic amines) is 1. The van der Waals surface area contributed by atoms with Crippen LogP contribution in [0.15, 0.2) is 24.3 Å². The quantitative estimate of drug-likeness (QED) is 0.878. The van der Waals surface area contributed by atoms with Crippen LogP contribution in [-0.2, 0) is 6.54 Å². The fraction of sp³-hybridized carbons (Fsp3) is 0.625. The molecule has 2 nitrogen and oxygen atoms in total. The molecule has 1 fully saturated rings. The van der Waals surface area contributed by atoms with Crippen molar-refractivity contribution in [3.05, 3.63) is 35.4 Å². The molecule has 0 radical (unpaired) electrons. The topological polar surface area (TPSA) is 15.3 Å². The molecule has 100 valence electrons. The summed E-state index contributed by atoms with van der Waals surface area (Å²) in [6, 6.07) is 10.2. The lowest BCUT2D eigenvalue weighted by Crippen LogP contribution is -2.46. The molecule has 1 heterocycles. The van der Waals surface area contributed by atoms with Gasteiger partial charge in [-0.2, -0.15) is 0 Å². The Labute approximate surface area is 111 Å². The molecule has 2 heteroatoms. The van der Waals surface area contributed by atoms with Crippen LogP contribution in [0.25, 0.3) is 0 Å². The summed E-state index contributed by atoms with van der Waals surface area (Å²) in [5, 5.41) is 3.58. The number of hydrogen-bond acceptors (Lipinski definition) is 2. The molecule has 1 N–H and O–H groups in total. The van der Waals surface area contributed by atoms with Gasteiger partial charge in [-0.25, -0.2) is 0 Å². The molecule has 2 rings (SSSR count). The second kappa shape index (κ2) is 6.35. The molecule has 0 aliphatic carbocycles. The molecule has 18 heavy (non-hydrogen) atoms. The zero-order valence-corrected chi connectivity index (χ0v) is 11.9. The average molecular weight is 246 g/mol. The largest absolute Gasteiger partial charge is 0.314 e. The standard InChI is InChI=1S/C16H26N2/c1-4-17-16-9-10-18(14(3)11-16)12-15-8-6-5-7-13(15)2/h5-8,14,16-17H,4,9-12H2,1-3H3. The summed E-state index contributed by atoms with van der Waals surface area (Å²) in [6.07, 6.45) is 2.56. The molecule has 1 aliphatic rings. The second-order valence-corrected chi connectivity index (χ2v) is 5.52. The number of aryl methyl sites for hydroxylation is 1. The Balaban J connectivity index is 1.93. The molecule has 1 aromatic rings. The van der Waals surface area contributed by atoms with Crippen molar-refractivity contribution in [2.45, 2.75) is 52.2 Å². The Morgan fingerprint density at radius 2 is 2.11 bits per heavy atom. The first kappa shape index (κ1) is 13.6. The number of nitrogens with zero attached hydrogens (tertiary/aromatic N) is 1. The van der Waals surface area contributed by atoms with E-state index in [0.717, 1.165) is 19.1 Å². The summed E-state index contributed by atoms with van der Waals surface area (Å²) in [7, 11) is 0. The highest BCUT2D eigenvalue weighted by atomic mass is 15.2. The highest BCUT2D eigenvalue weighted by molar-refractivity contribution is 5.25. The van der Waals surface area contributed by atoms with Gasteiger partial charge in [0, 0.05) is 25.2 Å². The van der Waals surface area contributed by atoms with Gasteiger partial charge in [0.05, 0.1) is 0 Å². The summed E-state index contributed by atoms with van der Waals surface area (Å²) in [6.45, 7) is 10.2. The van der Waals surface area contributed by atoms with Gasteiger partial charge in [-0.1, -0.05) is 31.2 Å². The zero-order chi connectivity index (χ0) is 13.0. The summed E-state index contributed by atoms with van der Waals surface area (Å²) in [4.78, 5) is 2.62. The number of benzene rings is 1. The van der Waals surface area contributed by atoms with E-state index in [1.165, 1.54) is 30.5 Å². The van der Waals surface area contributed by atoms with Gasteiger partial charge in [0.15, 0.2) is 0 Å². The van der Waals surface area contributed by atoms with E-state index in [1.807, 2.05) is 0 Å². The smallest absolute Gasteiger partial charge is 0.0239 e. The van der Waals surface area contributed by atoms with E-state index in [4.69, 9.17) is 0 Å². The lowest BCUT2D eigenvalue weighted by atomic mass is 9.97. The van der Waals surface area contributed by atoms with Crippen molar-refractivity contribution in [1.82, 2.24) is 10.2 Å². The SMILES string of the molecule is CCNC1CCN(Cc2ccccc2C)C(C)C1. The van der Waals surface area contributed by atoms with Crippen molar-refractivity contribution in [2.75, 3.05) is 13.1 Å². The molecule has 2 unspecified atom stereocenters. The molecule has 1 saturated heterocycles. The number of hydrogen-bond donors (Lipinski definition) is 1. The first-order valence-electron chi connectivity index (χ1n) is 7.22.